The molecule has 1 aromatic carbocycles. The van der Waals surface area contributed by atoms with Crippen molar-refractivity contribution in [3.05, 3.63) is 45.4 Å². The Morgan fingerprint density at radius 2 is 2.00 bits per heavy atom. The largest absolute Gasteiger partial charge is 0.383 e. The van der Waals surface area contributed by atoms with Gasteiger partial charge in [-0.3, -0.25) is 0 Å². The van der Waals surface area contributed by atoms with Crippen molar-refractivity contribution in [1.82, 2.24) is 9.97 Å². The number of aromatic nitrogens is 2. The molecule has 0 fully saturated rings. The minimum Gasteiger partial charge on any atom is -0.383 e. The number of benzene rings is 1. The van der Waals surface area contributed by atoms with Crippen LogP contribution in [-0.2, 0) is 17.1 Å². The van der Waals surface area contributed by atoms with E-state index in [0.29, 0.717) is 18.2 Å². The Labute approximate surface area is 130 Å². The summed E-state index contributed by atoms with van der Waals surface area (Å²) < 4.78 is 5.99. The second-order valence-corrected chi connectivity index (χ2v) is 5.95. The second-order valence-electron chi connectivity index (χ2n) is 3.82. The molecule has 0 aliphatic carbocycles. The fourth-order valence-electron chi connectivity index (χ4n) is 1.53. The number of ether oxygens (including phenoxy) is 1. The van der Waals surface area contributed by atoms with Crippen LogP contribution in [0.1, 0.15) is 11.5 Å². The van der Waals surface area contributed by atoms with Crippen molar-refractivity contribution in [1.29, 1.82) is 0 Å². The molecule has 2 aromatic rings. The molecule has 1 aromatic heterocycles. The molecule has 0 atom stereocenters. The van der Waals surface area contributed by atoms with Gasteiger partial charge in [-0.05, 0) is 34.7 Å². The molecule has 2 rings (SSSR count). The Morgan fingerprint density at radius 3 is 2.68 bits per heavy atom. The lowest BCUT2D eigenvalue weighted by atomic mass is 10.4. The number of nitrogen functional groups attached to an aromatic ring is 1. The van der Waals surface area contributed by atoms with Crippen molar-refractivity contribution in [2.45, 2.75) is 17.3 Å². The van der Waals surface area contributed by atoms with Gasteiger partial charge in [-0.1, -0.05) is 18.2 Å². The zero-order chi connectivity index (χ0) is 13.7. The van der Waals surface area contributed by atoms with Gasteiger partial charge in [-0.25, -0.2) is 9.97 Å². The average molecular weight is 387 g/mol. The highest BCUT2D eigenvalue weighted by atomic mass is 127. The minimum atomic E-state index is 0.452. The first kappa shape index (κ1) is 14.5. The molecule has 6 heteroatoms. The van der Waals surface area contributed by atoms with Crippen LogP contribution in [0.3, 0.4) is 0 Å². The number of nitrogens with two attached hydrogens (primary N) is 1. The van der Waals surface area contributed by atoms with Gasteiger partial charge in [0.15, 0.2) is 0 Å². The van der Waals surface area contributed by atoms with E-state index < -0.39 is 0 Å². The van der Waals surface area contributed by atoms with Crippen molar-refractivity contribution >= 4 is 40.2 Å². The van der Waals surface area contributed by atoms with E-state index in [9.17, 15) is 0 Å². The van der Waals surface area contributed by atoms with E-state index >= 15 is 0 Å². The quantitative estimate of drug-likeness (QED) is 0.631. The maximum atomic E-state index is 5.90. The molecule has 4 nitrogen and oxygen atoms in total. The first-order chi connectivity index (χ1) is 9.20. The van der Waals surface area contributed by atoms with Gasteiger partial charge in [0.1, 0.15) is 11.6 Å². The van der Waals surface area contributed by atoms with Gasteiger partial charge in [0, 0.05) is 12.0 Å². The highest BCUT2D eigenvalue weighted by Crippen LogP contribution is 2.23. The van der Waals surface area contributed by atoms with Crippen LogP contribution >= 0.6 is 34.4 Å². The second kappa shape index (κ2) is 7.06. The molecule has 0 spiro atoms. The molecule has 1 heterocycles. The van der Waals surface area contributed by atoms with E-state index in [-0.39, 0.29) is 0 Å². The van der Waals surface area contributed by atoms with Crippen molar-refractivity contribution in [3.8, 4) is 0 Å². The first-order valence-corrected chi connectivity index (χ1v) is 7.74. The van der Waals surface area contributed by atoms with Gasteiger partial charge < -0.3 is 10.5 Å². The SMILES string of the molecule is COCc1nc(CSc2ccccc2)nc(N)c1I. The summed E-state index contributed by atoms with van der Waals surface area (Å²) in [5.41, 5.74) is 6.74. The van der Waals surface area contributed by atoms with Crippen LogP contribution in [0, 0.1) is 3.57 Å². The standard InChI is InChI=1S/C13H14IN3OS/c1-18-7-10-12(14)13(15)17-11(16-10)8-19-9-5-3-2-4-6-9/h2-6H,7-8H2,1H3,(H2,15,16,17). The molecule has 0 amide bonds. The van der Waals surface area contributed by atoms with Crippen LogP contribution in [0.2, 0.25) is 0 Å². The third kappa shape index (κ3) is 4.05. The maximum Gasteiger partial charge on any atom is 0.141 e. The van der Waals surface area contributed by atoms with Crippen molar-refractivity contribution < 1.29 is 4.74 Å². The number of nitrogens with zero attached hydrogens (tertiary/aromatic N) is 2. The predicted molar refractivity (Wildman–Crippen MR) is 85.9 cm³/mol. The summed E-state index contributed by atoms with van der Waals surface area (Å²) in [5.74, 6) is 1.95. The molecule has 0 radical (unpaired) electrons. The predicted octanol–water partition coefficient (Wildman–Crippen LogP) is 3.10. The van der Waals surface area contributed by atoms with Gasteiger partial charge in [-0.2, -0.15) is 0 Å². The molecular weight excluding hydrogens is 373 g/mol. The molecule has 100 valence electrons. The summed E-state index contributed by atoms with van der Waals surface area (Å²) in [4.78, 5) is 10.00. The van der Waals surface area contributed by atoms with Crippen LogP contribution in [0.5, 0.6) is 0 Å². The number of halogens is 1. The van der Waals surface area contributed by atoms with Crippen LogP contribution in [-0.4, -0.2) is 17.1 Å². The molecule has 0 aliphatic rings. The molecule has 0 saturated carbocycles. The van der Waals surface area contributed by atoms with Crippen LogP contribution in [0.25, 0.3) is 0 Å². The van der Waals surface area contributed by atoms with E-state index in [1.165, 1.54) is 4.90 Å². The Hall–Kier alpha value is -0.860. The lowest BCUT2D eigenvalue weighted by Gasteiger charge is -2.08. The fraction of sp³-hybridized carbons (Fsp3) is 0.231. The summed E-state index contributed by atoms with van der Waals surface area (Å²) in [6.45, 7) is 0.452. The Morgan fingerprint density at radius 1 is 1.26 bits per heavy atom. The topological polar surface area (TPSA) is 61.0 Å². The highest BCUT2D eigenvalue weighted by molar-refractivity contribution is 14.1. The Bertz CT molecular complexity index is 551. The molecule has 0 unspecified atom stereocenters. The van der Waals surface area contributed by atoms with E-state index in [1.807, 2.05) is 18.2 Å². The third-order valence-corrected chi connectivity index (χ3v) is 4.57. The zero-order valence-corrected chi connectivity index (χ0v) is 13.4. The first-order valence-electron chi connectivity index (χ1n) is 5.68. The maximum absolute atomic E-state index is 5.90. The van der Waals surface area contributed by atoms with E-state index in [0.717, 1.165) is 15.1 Å². The van der Waals surface area contributed by atoms with Crippen LogP contribution in [0.4, 0.5) is 5.82 Å². The van der Waals surface area contributed by atoms with Gasteiger partial charge in [0.05, 0.1) is 21.6 Å². The number of anilines is 1. The monoisotopic (exact) mass is 387 g/mol. The Kier molecular flexibility index (Phi) is 5.41. The third-order valence-electron chi connectivity index (χ3n) is 2.38. The summed E-state index contributed by atoms with van der Waals surface area (Å²) in [6, 6.07) is 10.2. The fourth-order valence-corrected chi connectivity index (χ4v) is 2.70. The number of hydrogen-bond acceptors (Lipinski definition) is 5. The van der Waals surface area contributed by atoms with E-state index in [2.05, 4.69) is 44.7 Å². The molecule has 19 heavy (non-hydrogen) atoms. The molecule has 2 N–H and O–H groups in total. The van der Waals surface area contributed by atoms with Gasteiger partial charge in [-0.15, -0.1) is 11.8 Å². The van der Waals surface area contributed by atoms with Crippen molar-refractivity contribution in [2.75, 3.05) is 12.8 Å². The van der Waals surface area contributed by atoms with E-state index in [4.69, 9.17) is 10.5 Å². The number of rotatable bonds is 5. The summed E-state index contributed by atoms with van der Waals surface area (Å²) in [7, 11) is 1.65. The zero-order valence-electron chi connectivity index (χ0n) is 10.5. The van der Waals surface area contributed by atoms with Crippen LogP contribution in [0.15, 0.2) is 35.2 Å². The van der Waals surface area contributed by atoms with Gasteiger partial charge in [0.2, 0.25) is 0 Å². The number of methoxy groups -OCH3 is 1. The Balaban J connectivity index is 2.12. The van der Waals surface area contributed by atoms with Crippen molar-refractivity contribution in [2.24, 2.45) is 0 Å². The van der Waals surface area contributed by atoms with Gasteiger partial charge >= 0.3 is 0 Å². The number of hydrogen-bond donors (Lipinski definition) is 1. The molecule has 0 bridgehead atoms. The number of thioether (sulfide) groups is 1. The molecule has 0 saturated heterocycles. The minimum absolute atomic E-state index is 0.452. The summed E-state index contributed by atoms with van der Waals surface area (Å²) >= 11 is 3.84. The normalized spacial score (nSPS) is 10.6. The van der Waals surface area contributed by atoms with Crippen molar-refractivity contribution in [3.63, 3.8) is 0 Å². The van der Waals surface area contributed by atoms with E-state index in [1.54, 1.807) is 18.9 Å². The highest BCUT2D eigenvalue weighted by Gasteiger charge is 2.10. The molecule has 0 aliphatic heterocycles. The van der Waals surface area contributed by atoms with Crippen LogP contribution < -0.4 is 5.73 Å². The van der Waals surface area contributed by atoms with Gasteiger partial charge in [0.25, 0.3) is 0 Å². The smallest absolute Gasteiger partial charge is 0.141 e. The summed E-state index contributed by atoms with van der Waals surface area (Å²) in [6.07, 6.45) is 0. The molecular formula is C13H14IN3OS. The average Bonchev–Trinajstić information content (AvgIpc) is 2.43. The lowest BCUT2D eigenvalue weighted by Crippen LogP contribution is -2.07. The lowest BCUT2D eigenvalue weighted by molar-refractivity contribution is 0.180. The summed E-state index contributed by atoms with van der Waals surface area (Å²) in [5, 5.41) is 0.